The number of fused-ring (bicyclic) bond motifs is 1. The zero-order chi connectivity index (χ0) is 23.0. The van der Waals surface area contributed by atoms with Gasteiger partial charge in [0.2, 0.25) is 0 Å². The molecule has 0 radical (unpaired) electrons. The molecule has 1 aromatic heterocycles. The second-order valence-corrected chi connectivity index (χ2v) is 9.35. The molecule has 10 heteroatoms. The number of anilines is 1. The van der Waals surface area contributed by atoms with Crippen molar-refractivity contribution in [3.05, 3.63) is 35.3 Å². The van der Waals surface area contributed by atoms with Crippen LogP contribution in [0.1, 0.15) is 30.1 Å². The summed E-state index contributed by atoms with van der Waals surface area (Å²) in [6.07, 6.45) is 4.33. The third-order valence-corrected chi connectivity index (χ3v) is 7.32. The third-order valence-electron chi connectivity index (χ3n) is 6.44. The van der Waals surface area contributed by atoms with Crippen LogP contribution >= 0.6 is 11.9 Å². The van der Waals surface area contributed by atoms with E-state index in [1.54, 1.807) is 16.8 Å². The zero-order valence-electron chi connectivity index (χ0n) is 18.0. The molecule has 0 atom stereocenters. The van der Waals surface area contributed by atoms with Crippen molar-refractivity contribution in [2.75, 3.05) is 50.4 Å². The highest BCUT2D eigenvalue weighted by Crippen LogP contribution is 2.38. The molecule has 0 spiro atoms. The highest BCUT2D eigenvalue weighted by molar-refractivity contribution is 7.96. The highest BCUT2D eigenvalue weighted by Gasteiger charge is 2.34. The Hall–Kier alpha value is -2.51. The number of halogens is 3. The van der Waals surface area contributed by atoms with Crippen molar-refractivity contribution in [1.29, 1.82) is 5.26 Å². The maximum atomic E-state index is 14.5. The Bertz CT molecular complexity index is 1090. The number of carbonyl (C=O) groups excluding carboxylic acids is 1. The molecular formula is C22H24F3N5OS. The van der Waals surface area contributed by atoms with Gasteiger partial charge in [0.15, 0.2) is 17.5 Å². The van der Waals surface area contributed by atoms with Gasteiger partial charge in [-0.2, -0.15) is 5.26 Å². The Balaban J connectivity index is 1.79. The Morgan fingerprint density at radius 3 is 2.38 bits per heavy atom. The normalized spacial score (nSPS) is 19.2. The predicted molar refractivity (Wildman–Crippen MR) is 118 cm³/mol. The second kappa shape index (κ2) is 8.79. The van der Waals surface area contributed by atoms with Gasteiger partial charge in [0.05, 0.1) is 22.7 Å². The van der Waals surface area contributed by atoms with Crippen LogP contribution in [-0.4, -0.2) is 65.6 Å². The maximum Gasteiger partial charge on any atom is 0.257 e. The minimum Gasteiger partial charge on any atom is -0.370 e. The highest BCUT2D eigenvalue weighted by atomic mass is 32.2. The fourth-order valence-electron chi connectivity index (χ4n) is 4.30. The van der Waals surface area contributed by atoms with Crippen LogP contribution in [0.15, 0.2) is 12.3 Å². The van der Waals surface area contributed by atoms with E-state index in [1.165, 1.54) is 6.20 Å². The third kappa shape index (κ3) is 3.99. The maximum absolute atomic E-state index is 14.5. The minimum absolute atomic E-state index is 0.0653. The minimum atomic E-state index is -1.58. The lowest BCUT2D eigenvalue weighted by Gasteiger charge is -2.38. The van der Waals surface area contributed by atoms with Crippen LogP contribution in [0.25, 0.3) is 10.9 Å². The van der Waals surface area contributed by atoms with E-state index >= 15 is 0 Å². The lowest BCUT2D eigenvalue weighted by atomic mass is 9.81. The monoisotopic (exact) mass is 463 g/mol. The zero-order valence-corrected chi connectivity index (χ0v) is 18.8. The summed E-state index contributed by atoms with van der Waals surface area (Å²) in [7, 11) is 0. The van der Waals surface area contributed by atoms with Crippen molar-refractivity contribution in [2.24, 2.45) is 5.41 Å². The number of carbonyl (C=O) groups is 1. The van der Waals surface area contributed by atoms with Crippen LogP contribution in [0.2, 0.25) is 0 Å². The van der Waals surface area contributed by atoms with Gasteiger partial charge in [-0.1, -0.05) is 11.9 Å². The first-order chi connectivity index (χ1) is 15.3. The van der Waals surface area contributed by atoms with Crippen molar-refractivity contribution in [2.45, 2.75) is 19.8 Å². The number of amides is 1. The van der Waals surface area contributed by atoms with Gasteiger partial charge in [-0.3, -0.25) is 9.78 Å². The number of rotatable bonds is 3. The van der Waals surface area contributed by atoms with Crippen LogP contribution in [0.5, 0.6) is 0 Å². The van der Waals surface area contributed by atoms with Crippen molar-refractivity contribution in [1.82, 2.24) is 14.2 Å². The predicted octanol–water partition coefficient (Wildman–Crippen LogP) is 3.82. The van der Waals surface area contributed by atoms with E-state index in [0.717, 1.165) is 6.07 Å². The first-order valence-electron chi connectivity index (χ1n) is 10.5. The number of aromatic nitrogens is 1. The molecule has 2 saturated heterocycles. The molecule has 0 unspecified atom stereocenters. The average molecular weight is 464 g/mol. The molecule has 2 aromatic rings. The van der Waals surface area contributed by atoms with E-state index in [-0.39, 0.29) is 22.4 Å². The van der Waals surface area contributed by atoms with Crippen molar-refractivity contribution >= 4 is 34.4 Å². The van der Waals surface area contributed by atoms with Gasteiger partial charge in [0.1, 0.15) is 5.52 Å². The molecule has 4 rings (SSSR count). The van der Waals surface area contributed by atoms with E-state index in [9.17, 15) is 23.2 Å². The number of benzene rings is 1. The SMILES string of the molecule is CSN1CCN(C(=O)c2cnc3c(F)c(F)c(F)cc3c2N2CCC(C)(C#N)CC2)CC1. The molecule has 1 aromatic carbocycles. The van der Waals surface area contributed by atoms with Crippen LogP contribution in [0.4, 0.5) is 18.9 Å². The number of piperidine rings is 1. The van der Waals surface area contributed by atoms with E-state index in [1.807, 2.05) is 18.1 Å². The summed E-state index contributed by atoms with van der Waals surface area (Å²) in [5.74, 6) is -4.55. The molecule has 0 N–H and O–H groups in total. The number of piperazine rings is 1. The largest absolute Gasteiger partial charge is 0.370 e. The fraction of sp³-hybridized carbons (Fsp3) is 0.500. The lowest BCUT2D eigenvalue weighted by molar-refractivity contribution is 0.0704. The fourth-order valence-corrected chi connectivity index (χ4v) is 4.83. The van der Waals surface area contributed by atoms with E-state index in [2.05, 4.69) is 15.4 Å². The van der Waals surface area contributed by atoms with Gasteiger partial charge in [-0.25, -0.2) is 17.5 Å². The van der Waals surface area contributed by atoms with Crippen LogP contribution in [0, 0.1) is 34.2 Å². The molecule has 2 aliphatic rings. The van der Waals surface area contributed by atoms with Crippen LogP contribution in [-0.2, 0) is 0 Å². The molecule has 2 fully saturated rings. The van der Waals surface area contributed by atoms with Gasteiger partial charge in [-0.05, 0) is 32.1 Å². The quantitative estimate of drug-likeness (QED) is 0.510. The van der Waals surface area contributed by atoms with E-state index in [0.29, 0.717) is 57.8 Å². The molecule has 1 amide bonds. The Kier molecular flexibility index (Phi) is 6.23. The lowest BCUT2D eigenvalue weighted by Crippen LogP contribution is -2.47. The van der Waals surface area contributed by atoms with Crippen LogP contribution in [0.3, 0.4) is 0 Å². The number of nitrogens with zero attached hydrogens (tertiary/aromatic N) is 5. The first kappa shape index (κ1) is 22.7. The molecule has 32 heavy (non-hydrogen) atoms. The molecule has 170 valence electrons. The van der Waals surface area contributed by atoms with Gasteiger partial charge in [0.25, 0.3) is 5.91 Å². The van der Waals surface area contributed by atoms with Gasteiger partial charge >= 0.3 is 0 Å². The average Bonchev–Trinajstić information content (AvgIpc) is 2.82. The molecule has 0 aliphatic carbocycles. The number of hydrogen-bond acceptors (Lipinski definition) is 6. The summed E-state index contributed by atoms with van der Waals surface area (Å²) in [5.41, 5.74) is -0.220. The van der Waals surface area contributed by atoms with Gasteiger partial charge in [-0.15, -0.1) is 0 Å². The first-order valence-corrected chi connectivity index (χ1v) is 11.7. The number of nitriles is 1. The summed E-state index contributed by atoms with van der Waals surface area (Å²) < 4.78 is 44.7. The molecule has 0 bridgehead atoms. The Labute approximate surface area is 189 Å². The standard InChI is InChI=1S/C22H24F3N5OS/c1-22(13-26)3-5-28(6-4-22)20-14-11-16(23)17(24)18(25)19(14)27-12-15(20)21(31)29-7-9-30(32-2)10-8-29/h11-12H,3-10H2,1-2H3. The summed E-state index contributed by atoms with van der Waals surface area (Å²) in [4.78, 5) is 21.0. The summed E-state index contributed by atoms with van der Waals surface area (Å²) in [6, 6.07) is 3.24. The topological polar surface area (TPSA) is 63.5 Å². The molecule has 2 aliphatic heterocycles. The molecule has 3 heterocycles. The number of hydrogen-bond donors (Lipinski definition) is 0. The molecule has 6 nitrogen and oxygen atoms in total. The van der Waals surface area contributed by atoms with Gasteiger partial charge in [0, 0.05) is 50.9 Å². The van der Waals surface area contributed by atoms with Crippen molar-refractivity contribution in [3.8, 4) is 6.07 Å². The number of pyridine rings is 1. The van der Waals surface area contributed by atoms with Crippen molar-refractivity contribution in [3.63, 3.8) is 0 Å². The summed E-state index contributed by atoms with van der Waals surface area (Å²) in [5, 5.41) is 9.52. The van der Waals surface area contributed by atoms with Crippen molar-refractivity contribution < 1.29 is 18.0 Å². The molecule has 0 saturated carbocycles. The summed E-state index contributed by atoms with van der Waals surface area (Å²) in [6.45, 7) is 5.21. The smallest absolute Gasteiger partial charge is 0.257 e. The Morgan fingerprint density at radius 2 is 1.78 bits per heavy atom. The van der Waals surface area contributed by atoms with E-state index < -0.39 is 22.9 Å². The van der Waals surface area contributed by atoms with E-state index in [4.69, 9.17) is 0 Å². The molecular weight excluding hydrogens is 439 g/mol. The Morgan fingerprint density at radius 1 is 1.12 bits per heavy atom. The summed E-state index contributed by atoms with van der Waals surface area (Å²) >= 11 is 1.62. The second-order valence-electron chi connectivity index (χ2n) is 8.47. The van der Waals surface area contributed by atoms with Gasteiger partial charge < -0.3 is 9.80 Å². The van der Waals surface area contributed by atoms with Crippen LogP contribution < -0.4 is 4.90 Å².